The summed E-state index contributed by atoms with van der Waals surface area (Å²) in [6.45, 7) is 3.78. The molecule has 6 nitrogen and oxygen atoms in total. The van der Waals surface area contributed by atoms with Crippen molar-refractivity contribution in [3.63, 3.8) is 0 Å². The smallest absolute Gasteiger partial charge is 0.241 e. The number of aryl methyl sites for hydroxylation is 1. The molecule has 0 aliphatic heterocycles. The lowest BCUT2D eigenvalue weighted by Gasteiger charge is -2.15. The van der Waals surface area contributed by atoms with Gasteiger partial charge in [-0.25, -0.2) is 8.42 Å². The van der Waals surface area contributed by atoms with E-state index in [2.05, 4.69) is 10.0 Å². The van der Waals surface area contributed by atoms with Gasteiger partial charge < -0.3 is 10.1 Å². The Hall–Kier alpha value is -2.09. The number of halogens is 1. The van der Waals surface area contributed by atoms with E-state index in [-0.39, 0.29) is 9.92 Å². The predicted octanol–water partition coefficient (Wildman–Crippen LogP) is 2.64. The Kier molecular flexibility index (Phi) is 6.63. The zero-order chi connectivity index (χ0) is 19.3. The molecule has 1 amide bonds. The Morgan fingerprint density at radius 3 is 2.42 bits per heavy atom. The van der Waals surface area contributed by atoms with E-state index >= 15 is 0 Å². The first-order valence-corrected chi connectivity index (χ1v) is 9.78. The molecule has 0 aliphatic rings. The fourth-order valence-corrected chi connectivity index (χ4v) is 3.77. The maximum atomic E-state index is 12.4. The Bertz CT molecular complexity index is 883. The van der Waals surface area contributed by atoms with Crippen LogP contribution < -0.4 is 14.8 Å². The number of rotatable bonds is 7. The number of sulfonamides is 1. The average molecular weight is 397 g/mol. The molecule has 0 unspecified atom stereocenters. The number of amides is 1. The van der Waals surface area contributed by atoms with Crippen LogP contribution in [0.4, 0.5) is 0 Å². The van der Waals surface area contributed by atoms with Gasteiger partial charge in [-0.3, -0.25) is 4.79 Å². The Labute approximate surface area is 158 Å². The molecule has 8 heteroatoms. The van der Waals surface area contributed by atoms with Crippen molar-refractivity contribution in [3.05, 3.63) is 58.6 Å². The molecule has 0 spiro atoms. The number of hydrogen-bond donors (Lipinski definition) is 2. The van der Waals surface area contributed by atoms with E-state index in [1.807, 2.05) is 31.2 Å². The standard InChI is InChI=1S/C18H21ClN2O4S/c1-12-4-6-14(7-5-12)11-20-18(22)13(2)21-26(23,24)15-8-9-17(25-3)16(19)10-15/h4-10,13,21H,11H2,1-3H3,(H,20,22)/t13-/m0/s1. The Balaban J connectivity index is 2.00. The van der Waals surface area contributed by atoms with Crippen LogP contribution >= 0.6 is 11.6 Å². The van der Waals surface area contributed by atoms with E-state index in [1.165, 1.54) is 32.2 Å². The summed E-state index contributed by atoms with van der Waals surface area (Å²) in [6, 6.07) is 10.9. The van der Waals surface area contributed by atoms with Crippen molar-refractivity contribution in [2.75, 3.05) is 7.11 Å². The maximum Gasteiger partial charge on any atom is 0.241 e. The minimum absolute atomic E-state index is 0.0403. The molecule has 140 valence electrons. The van der Waals surface area contributed by atoms with Crippen LogP contribution in [0.2, 0.25) is 5.02 Å². The number of nitrogens with one attached hydrogen (secondary N) is 2. The van der Waals surface area contributed by atoms with Crippen LogP contribution in [0.25, 0.3) is 0 Å². The highest BCUT2D eigenvalue weighted by Gasteiger charge is 2.22. The van der Waals surface area contributed by atoms with Crippen molar-refractivity contribution < 1.29 is 17.9 Å². The molecule has 0 saturated heterocycles. The van der Waals surface area contributed by atoms with Gasteiger partial charge in [0.25, 0.3) is 0 Å². The van der Waals surface area contributed by atoms with Crippen LogP contribution in [0.1, 0.15) is 18.1 Å². The minimum Gasteiger partial charge on any atom is -0.495 e. The number of methoxy groups -OCH3 is 1. The first-order valence-electron chi connectivity index (χ1n) is 7.92. The molecule has 0 radical (unpaired) electrons. The Morgan fingerprint density at radius 1 is 1.19 bits per heavy atom. The maximum absolute atomic E-state index is 12.4. The van der Waals surface area contributed by atoms with Gasteiger partial charge in [-0.15, -0.1) is 0 Å². The second kappa shape index (κ2) is 8.53. The number of carbonyl (C=O) groups is 1. The third-order valence-electron chi connectivity index (χ3n) is 3.75. The molecule has 0 aromatic heterocycles. The van der Waals surface area contributed by atoms with Crippen LogP contribution in [0.5, 0.6) is 5.75 Å². The van der Waals surface area contributed by atoms with Crippen LogP contribution in [0.3, 0.4) is 0 Å². The molecule has 2 rings (SSSR count). The van der Waals surface area contributed by atoms with Crippen LogP contribution in [0.15, 0.2) is 47.4 Å². The highest BCUT2D eigenvalue weighted by Crippen LogP contribution is 2.26. The molecule has 1 atom stereocenters. The highest BCUT2D eigenvalue weighted by atomic mass is 35.5. The zero-order valence-electron chi connectivity index (χ0n) is 14.7. The highest BCUT2D eigenvalue weighted by molar-refractivity contribution is 7.89. The number of carbonyl (C=O) groups excluding carboxylic acids is 1. The number of benzene rings is 2. The second-order valence-corrected chi connectivity index (χ2v) is 7.96. The van der Waals surface area contributed by atoms with E-state index in [9.17, 15) is 13.2 Å². The van der Waals surface area contributed by atoms with Crippen LogP contribution in [0, 0.1) is 6.92 Å². The van der Waals surface area contributed by atoms with Gasteiger partial charge in [-0.1, -0.05) is 41.4 Å². The van der Waals surface area contributed by atoms with Gasteiger partial charge >= 0.3 is 0 Å². The fraction of sp³-hybridized carbons (Fsp3) is 0.278. The second-order valence-electron chi connectivity index (χ2n) is 5.84. The molecule has 0 aliphatic carbocycles. The lowest BCUT2D eigenvalue weighted by Crippen LogP contribution is -2.44. The van der Waals surface area contributed by atoms with Gasteiger partial charge in [0.15, 0.2) is 0 Å². The van der Waals surface area contributed by atoms with E-state index in [4.69, 9.17) is 16.3 Å². The van der Waals surface area contributed by atoms with Crippen molar-refractivity contribution in [1.82, 2.24) is 10.0 Å². The van der Waals surface area contributed by atoms with E-state index in [0.717, 1.165) is 11.1 Å². The summed E-state index contributed by atoms with van der Waals surface area (Å²) < 4.78 is 32.2. The molecular formula is C18H21ClN2O4S. The van der Waals surface area contributed by atoms with Gasteiger partial charge in [-0.05, 0) is 37.6 Å². The van der Waals surface area contributed by atoms with Crippen molar-refractivity contribution in [1.29, 1.82) is 0 Å². The van der Waals surface area contributed by atoms with Gasteiger partial charge in [0, 0.05) is 6.54 Å². The monoisotopic (exact) mass is 396 g/mol. The van der Waals surface area contributed by atoms with E-state index in [0.29, 0.717) is 12.3 Å². The van der Waals surface area contributed by atoms with E-state index < -0.39 is 22.0 Å². The predicted molar refractivity (Wildman–Crippen MR) is 101 cm³/mol. The molecule has 0 heterocycles. The third kappa shape index (κ3) is 5.20. The summed E-state index contributed by atoms with van der Waals surface area (Å²) in [4.78, 5) is 12.1. The number of ether oxygens (including phenoxy) is 1. The largest absolute Gasteiger partial charge is 0.495 e. The summed E-state index contributed by atoms with van der Waals surface area (Å²) in [5, 5.41) is 2.88. The van der Waals surface area contributed by atoms with Crippen molar-refractivity contribution in [3.8, 4) is 5.75 Å². The summed E-state index contributed by atoms with van der Waals surface area (Å²) in [7, 11) is -2.45. The molecule has 0 saturated carbocycles. The molecule has 26 heavy (non-hydrogen) atoms. The SMILES string of the molecule is COc1ccc(S(=O)(=O)N[C@@H](C)C(=O)NCc2ccc(C)cc2)cc1Cl. The summed E-state index contributed by atoms with van der Waals surface area (Å²) >= 11 is 5.97. The third-order valence-corrected chi connectivity index (χ3v) is 5.58. The normalized spacial score (nSPS) is 12.5. The van der Waals surface area contributed by atoms with Crippen molar-refractivity contribution in [2.24, 2.45) is 0 Å². The van der Waals surface area contributed by atoms with Crippen LogP contribution in [-0.2, 0) is 21.4 Å². The minimum atomic E-state index is -3.89. The fourth-order valence-electron chi connectivity index (χ4n) is 2.22. The van der Waals surface area contributed by atoms with E-state index in [1.54, 1.807) is 0 Å². The topological polar surface area (TPSA) is 84.5 Å². The van der Waals surface area contributed by atoms with Gasteiger partial charge in [0.2, 0.25) is 15.9 Å². The summed E-state index contributed by atoms with van der Waals surface area (Å²) in [5.41, 5.74) is 2.06. The molecule has 2 N–H and O–H groups in total. The van der Waals surface area contributed by atoms with Crippen LogP contribution in [-0.4, -0.2) is 27.5 Å². The lowest BCUT2D eigenvalue weighted by atomic mass is 10.1. The zero-order valence-corrected chi connectivity index (χ0v) is 16.3. The molecular weight excluding hydrogens is 376 g/mol. The molecule has 2 aromatic rings. The first-order chi connectivity index (χ1) is 12.2. The van der Waals surface area contributed by atoms with Crippen molar-refractivity contribution in [2.45, 2.75) is 31.3 Å². The quantitative estimate of drug-likeness (QED) is 0.753. The summed E-state index contributed by atoms with van der Waals surface area (Å²) in [5.74, 6) is -0.0525. The molecule has 2 aromatic carbocycles. The molecule has 0 fully saturated rings. The van der Waals surface area contributed by atoms with Gasteiger partial charge in [-0.2, -0.15) is 4.72 Å². The van der Waals surface area contributed by atoms with Gasteiger partial charge in [0.1, 0.15) is 5.75 Å². The van der Waals surface area contributed by atoms with Gasteiger partial charge in [0.05, 0.1) is 23.1 Å². The molecule has 0 bridgehead atoms. The first kappa shape index (κ1) is 20.2. The van der Waals surface area contributed by atoms with Crippen molar-refractivity contribution >= 4 is 27.5 Å². The Morgan fingerprint density at radius 2 is 1.85 bits per heavy atom. The lowest BCUT2D eigenvalue weighted by molar-refractivity contribution is -0.122. The number of hydrogen-bond acceptors (Lipinski definition) is 4. The average Bonchev–Trinajstić information content (AvgIpc) is 2.60. The summed E-state index contributed by atoms with van der Waals surface area (Å²) in [6.07, 6.45) is 0.